The van der Waals surface area contributed by atoms with Crippen molar-refractivity contribution in [3.8, 4) is 5.75 Å². The molecule has 16 heavy (non-hydrogen) atoms. The first-order chi connectivity index (χ1) is 7.43. The molecule has 0 radical (unpaired) electrons. The molecule has 1 aromatic rings. The minimum atomic E-state index is -0.985. The molecule has 0 aliphatic carbocycles. The summed E-state index contributed by atoms with van der Waals surface area (Å²) in [5.74, 6) is -1.04. The second-order valence-corrected chi connectivity index (χ2v) is 3.70. The molecule has 0 unspecified atom stereocenters. The first-order valence-corrected chi connectivity index (χ1v) is 4.97. The molecule has 0 spiro atoms. The number of ketones is 1. The molecule has 0 bridgehead atoms. The number of hydrogen-bond acceptors (Lipinski definition) is 3. The highest BCUT2D eigenvalue weighted by molar-refractivity contribution is 5.99. The van der Waals surface area contributed by atoms with E-state index in [9.17, 15) is 14.7 Å². The Labute approximate surface area is 93.5 Å². The van der Waals surface area contributed by atoms with E-state index in [1.54, 1.807) is 13.8 Å². The van der Waals surface area contributed by atoms with E-state index >= 15 is 0 Å². The van der Waals surface area contributed by atoms with Gasteiger partial charge in [0.2, 0.25) is 0 Å². The van der Waals surface area contributed by atoms with Crippen LogP contribution in [-0.2, 0) is 4.79 Å². The number of aromatic hydroxyl groups is 1. The van der Waals surface area contributed by atoms with Crippen LogP contribution in [0.5, 0.6) is 5.75 Å². The largest absolute Gasteiger partial charge is 0.508 e. The van der Waals surface area contributed by atoms with E-state index in [0.717, 1.165) is 0 Å². The third-order valence-corrected chi connectivity index (χ3v) is 2.62. The van der Waals surface area contributed by atoms with Crippen molar-refractivity contribution in [3.63, 3.8) is 0 Å². The topological polar surface area (TPSA) is 74.6 Å². The molecular weight excluding hydrogens is 208 g/mol. The van der Waals surface area contributed by atoms with Crippen molar-refractivity contribution in [1.82, 2.24) is 0 Å². The molecule has 0 fully saturated rings. The fraction of sp³-hybridized carbons (Fsp3) is 0.333. The first-order valence-electron chi connectivity index (χ1n) is 4.97. The molecule has 4 nitrogen and oxygen atoms in total. The highest BCUT2D eigenvalue weighted by Gasteiger charge is 2.13. The Balaban J connectivity index is 2.92. The molecule has 0 aromatic heterocycles. The molecule has 0 heterocycles. The second-order valence-electron chi connectivity index (χ2n) is 3.70. The molecular formula is C12H14O4. The third-order valence-electron chi connectivity index (χ3n) is 2.62. The van der Waals surface area contributed by atoms with Crippen molar-refractivity contribution in [2.75, 3.05) is 0 Å². The summed E-state index contributed by atoms with van der Waals surface area (Å²) >= 11 is 0. The lowest BCUT2D eigenvalue weighted by Gasteiger charge is -2.08. The third kappa shape index (κ3) is 2.59. The summed E-state index contributed by atoms with van der Waals surface area (Å²) in [6, 6.07) is 2.98. The highest BCUT2D eigenvalue weighted by Crippen LogP contribution is 2.23. The minimum absolute atomic E-state index is 0.0135. The van der Waals surface area contributed by atoms with E-state index in [2.05, 4.69) is 0 Å². The summed E-state index contributed by atoms with van der Waals surface area (Å²) < 4.78 is 0. The predicted octanol–water partition coefficient (Wildman–Crippen LogP) is 2.06. The Kier molecular flexibility index (Phi) is 3.66. The average molecular weight is 222 g/mol. The fourth-order valence-corrected chi connectivity index (χ4v) is 1.46. The van der Waals surface area contributed by atoms with Gasteiger partial charge in [0.15, 0.2) is 5.78 Å². The Bertz CT molecular complexity index is 435. The number of rotatable bonds is 4. The average Bonchev–Trinajstić information content (AvgIpc) is 2.23. The van der Waals surface area contributed by atoms with Gasteiger partial charge in [-0.25, -0.2) is 0 Å². The van der Waals surface area contributed by atoms with E-state index in [1.807, 2.05) is 0 Å². The van der Waals surface area contributed by atoms with Gasteiger partial charge in [-0.05, 0) is 37.1 Å². The summed E-state index contributed by atoms with van der Waals surface area (Å²) in [7, 11) is 0. The number of benzene rings is 1. The standard InChI is InChI=1S/C12H14O4/c1-7-8(2)10(13)4-3-9(7)11(14)5-6-12(15)16/h3-4,13H,5-6H2,1-2H3,(H,15,16). The number of hydrogen-bond donors (Lipinski definition) is 2. The first kappa shape index (κ1) is 12.2. The Morgan fingerprint density at radius 3 is 2.31 bits per heavy atom. The van der Waals surface area contributed by atoms with Crippen LogP contribution in [-0.4, -0.2) is 22.0 Å². The molecule has 1 rings (SSSR count). The van der Waals surface area contributed by atoms with Crippen molar-refractivity contribution in [2.45, 2.75) is 26.7 Å². The van der Waals surface area contributed by atoms with Crippen molar-refractivity contribution < 1.29 is 19.8 Å². The molecule has 0 saturated heterocycles. The maximum absolute atomic E-state index is 11.7. The molecule has 0 saturated carbocycles. The molecule has 0 aliphatic rings. The van der Waals surface area contributed by atoms with Crippen molar-refractivity contribution in [2.24, 2.45) is 0 Å². The summed E-state index contributed by atoms with van der Waals surface area (Å²) in [5, 5.41) is 17.9. The summed E-state index contributed by atoms with van der Waals surface area (Å²) in [6.07, 6.45) is -0.182. The zero-order valence-corrected chi connectivity index (χ0v) is 9.28. The molecule has 0 amide bonds. The highest BCUT2D eigenvalue weighted by atomic mass is 16.4. The monoisotopic (exact) mass is 222 g/mol. The van der Waals surface area contributed by atoms with Gasteiger partial charge >= 0.3 is 5.97 Å². The van der Waals surface area contributed by atoms with Crippen LogP contribution < -0.4 is 0 Å². The van der Waals surface area contributed by atoms with Gasteiger partial charge in [0.25, 0.3) is 0 Å². The van der Waals surface area contributed by atoms with E-state index < -0.39 is 5.97 Å². The SMILES string of the molecule is Cc1c(O)ccc(C(=O)CCC(=O)O)c1C. The number of carbonyl (C=O) groups excluding carboxylic acids is 1. The lowest BCUT2D eigenvalue weighted by atomic mass is 9.97. The smallest absolute Gasteiger partial charge is 0.303 e. The van der Waals surface area contributed by atoms with Gasteiger partial charge in [0.05, 0.1) is 6.42 Å². The quantitative estimate of drug-likeness (QED) is 0.764. The number of phenolic OH excluding ortho intramolecular Hbond substituents is 1. The van der Waals surface area contributed by atoms with E-state index in [4.69, 9.17) is 5.11 Å². The van der Waals surface area contributed by atoms with Crippen LogP contribution in [0, 0.1) is 13.8 Å². The molecule has 0 aliphatic heterocycles. The summed E-state index contributed by atoms with van der Waals surface area (Å²) in [4.78, 5) is 22.0. The van der Waals surface area contributed by atoms with E-state index in [1.165, 1.54) is 12.1 Å². The zero-order valence-electron chi connectivity index (χ0n) is 9.28. The molecule has 2 N–H and O–H groups in total. The van der Waals surface area contributed by atoms with Crippen molar-refractivity contribution in [1.29, 1.82) is 0 Å². The molecule has 86 valence electrons. The zero-order chi connectivity index (χ0) is 12.3. The number of carboxylic acid groups (broad SMARTS) is 1. The van der Waals surface area contributed by atoms with Gasteiger partial charge in [0, 0.05) is 12.0 Å². The normalized spacial score (nSPS) is 10.1. The van der Waals surface area contributed by atoms with Crippen LogP contribution in [0.15, 0.2) is 12.1 Å². The van der Waals surface area contributed by atoms with Crippen molar-refractivity contribution in [3.05, 3.63) is 28.8 Å². The van der Waals surface area contributed by atoms with Crippen LogP contribution in [0.2, 0.25) is 0 Å². The van der Waals surface area contributed by atoms with Crippen LogP contribution in [0.4, 0.5) is 0 Å². The Morgan fingerprint density at radius 2 is 1.75 bits per heavy atom. The lowest BCUT2D eigenvalue weighted by Crippen LogP contribution is -2.06. The number of phenols is 1. The molecule has 1 aromatic carbocycles. The number of carbonyl (C=O) groups is 2. The van der Waals surface area contributed by atoms with Crippen LogP contribution in [0.3, 0.4) is 0 Å². The lowest BCUT2D eigenvalue weighted by molar-refractivity contribution is -0.136. The Morgan fingerprint density at radius 1 is 1.12 bits per heavy atom. The fourth-order valence-electron chi connectivity index (χ4n) is 1.46. The number of Topliss-reactive ketones (excluding diaryl/α,β-unsaturated/α-hetero) is 1. The van der Waals surface area contributed by atoms with Crippen molar-refractivity contribution >= 4 is 11.8 Å². The van der Waals surface area contributed by atoms with Crippen LogP contribution in [0.25, 0.3) is 0 Å². The summed E-state index contributed by atoms with van der Waals surface area (Å²) in [6.45, 7) is 3.46. The number of aliphatic carboxylic acids is 1. The van der Waals surface area contributed by atoms with Gasteiger partial charge in [-0.1, -0.05) is 0 Å². The Hall–Kier alpha value is -1.84. The van der Waals surface area contributed by atoms with E-state index in [0.29, 0.717) is 16.7 Å². The van der Waals surface area contributed by atoms with Gasteiger partial charge in [-0.2, -0.15) is 0 Å². The molecule has 4 heteroatoms. The van der Waals surface area contributed by atoms with Gasteiger partial charge in [-0.15, -0.1) is 0 Å². The number of carboxylic acids is 1. The van der Waals surface area contributed by atoms with Gasteiger partial charge < -0.3 is 10.2 Å². The molecule has 0 atom stereocenters. The van der Waals surface area contributed by atoms with E-state index in [-0.39, 0.29) is 24.4 Å². The summed E-state index contributed by atoms with van der Waals surface area (Å²) in [5.41, 5.74) is 1.84. The van der Waals surface area contributed by atoms with Gasteiger partial charge in [-0.3, -0.25) is 9.59 Å². The maximum Gasteiger partial charge on any atom is 0.303 e. The van der Waals surface area contributed by atoms with Crippen LogP contribution >= 0.6 is 0 Å². The van der Waals surface area contributed by atoms with Gasteiger partial charge in [0.1, 0.15) is 5.75 Å². The minimum Gasteiger partial charge on any atom is -0.508 e. The predicted molar refractivity (Wildman–Crippen MR) is 58.8 cm³/mol. The van der Waals surface area contributed by atoms with Crippen LogP contribution in [0.1, 0.15) is 34.3 Å². The second kappa shape index (κ2) is 4.79. The maximum atomic E-state index is 11.7.